The molecule has 0 spiro atoms. The van der Waals surface area contributed by atoms with E-state index in [4.69, 9.17) is 0 Å². The van der Waals surface area contributed by atoms with Gasteiger partial charge in [-0.15, -0.1) is 11.3 Å². The van der Waals surface area contributed by atoms with Crippen LogP contribution in [0.2, 0.25) is 0 Å². The van der Waals surface area contributed by atoms with E-state index in [1.54, 1.807) is 18.3 Å². The Morgan fingerprint density at radius 3 is 2.23 bits per heavy atom. The number of hydrogen-bond acceptors (Lipinski definition) is 4. The molecule has 0 radical (unpaired) electrons. The van der Waals surface area contributed by atoms with E-state index in [1.807, 2.05) is 0 Å². The van der Waals surface area contributed by atoms with Gasteiger partial charge in [-0.1, -0.05) is 37.1 Å². The van der Waals surface area contributed by atoms with Gasteiger partial charge >= 0.3 is 0 Å². The van der Waals surface area contributed by atoms with Crippen molar-refractivity contribution in [1.82, 2.24) is 0 Å². The van der Waals surface area contributed by atoms with Crippen LogP contribution >= 0.6 is 27.3 Å². The van der Waals surface area contributed by atoms with Gasteiger partial charge in [-0.3, -0.25) is 4.79 Å². The molecule has 1 aromatic heterocycles. The number of hydrogen-bond donors (Lipinski definition) is 0. The summed E-state index contributed by atoms with van der Waals surface area (Å²) in [5.41, 5.74) is 2.50. The zero-order valence-electron chi connectivity index (χ0n) is 15.4. The average Bonchev–Trinajstić information content (AvgIpc) is 3.00. The van der Waals surface area contributed by atoms with Crippen LogP contribution in [0.3, 0.4) is 0 Å². The summed E-state index contributed by atoms with van der Waals surface area (Å²) in [5, 5.41) is 0. The maximum absolute atomic E-state index is 11.9. The smallest absolute Gasteiger partial charge is 0.159 e. The maximum atomic E-state index is 11.9. The molecule has 0 saturated heterocycles. The van der Waals surface area contributed by atoms with Crippen LogP contribution in [0.15, 0.2) is 40.2 Å². The Labute approximate surface area is 168 Å². The number of unbranched alkanes of at least 4 members (excludes halogenated alkanes) is 2. The van der Waals surface area contributed by atoms with Crippen molar-refractivity contribution in [3.63, 3.8) is 0 Å². The molecule has 0 aliphatic carbocycles. The summed E-state index contributed by atoms with van der Waals surface area (Å²) in [6.45, 7) is 2.92. The third-order valence-electron chi connectivity index (χ3n) is 4.99. The van der Waals surface area contributed by atoms with Crippen LogP contribution in [0.1, 0.15) is 45.1 Å². The van der Waals surface area contributed by atoms with E-state index in [2.05, 4.69) is 52.3 Å². The SMILES string of the molecule is CC(=O)C(C)(CCCCCc1ccc(-c2ccc(Br)s2)cc1)S(C)(=O)=O. The molecular formula is C20H25BrO3S2. The summed E-state index contributed by atoms with van der Waals surface area (Å²) < 4.78 is 23.7. The monoisotopic (exact) mass is 456 g/mol. The molecule has 1 heterocycles. The molecule has 2 rings (SSSR count). The van der Waals surface area contributed by atoms with Gasteiger partial charge in [-0.25, -0.2) is 8.42 Å². The predicted molar refractivity (Wildman–Crippen MR) is 114 cm³/mol. The van der Waals surface area contributed by atoms with Crippen molar-refractivity contribution >= 4 is 42.9 Å². The topological polar surface area (TPSA) is 51.2 Å². The van der Waals surface area contributed by atoms with E-state index >= 15 is 0 Å². The van der Waals surface area contributed by atoms with Crippen molar-refractivity contribution in [2.45, 2.75) is 50.7 Å². The summed E-state index contributed by atoms with van der Waals surface area (Å²) in [6.07, 6.45) is 5.16. The molecule has 0 fully saturated rings. The number of aryl methyl sites for hydroxylation is 1. The molecule has 0 bridgehead atoms. The summed E-state index contributed by atoms with van der Waals surface area (Å²) in [4.78, 5) is 13.0. The number of rotatable bonds is 9. The fourth-order valence-corrected chi connectivity index (χ4v) is 5.32. The van der Waals surface area contributed by atoms with Crippen molar-refractivity contribution in [2.75, 3.05) is 6.26 Å². The van der Waals surface area contributed by atoms with Crippen molar-refractivity contribution < 1.29 is 13.2 Å². The Morgan fingerprint density at radius 1 is 1.08 bits per heavy atom. The second-order valence-corrected chi connectivity index (χ2v) is 11.8. The van der Waals surface area contributed by atoms with Crippen LogP contribution in [-0.4, -0.2) is 25.2 Å². The first-order valence-corrected chi connectivity index (χ1v) is 12.2. The van der Waals surface area contributed by atoms with Gasteiger partial charge in [0.15, 0.2) is 15.6 Å². The van der Waals surface area contributed by atoms with Crippen molar-refractivity contribution in [1.29, 1.82) is 0 Å². The van der Waals surface area contributed by atoms with Crippen molar-refractivity contribution in [3.8, 4) is 10.4 Å². The molecule has 1 aromatic carbocycles. The normalized spacial score (nSPS) is 14.2. The van der Waals surface area contributed by atoms with Crippen molar-refractivity contribution in [3.05, 3.63) is 45.7 Å². The zero-order valence-corrected chi connectivity index (χ0v) is 18.6. The summed E-state index contributed by atoms with van der Waals surface area (Å²) in [5.74, 6) is -0.268. The lowest BCUT2D eigenvalue weighted by Gasteiger charge is -2.24. The number of benzene rings is 1. The van der Waals surface area contributed by atoms with Gasteiger partial charge in [0.1, 0.15) is 4.75 Å². The van der Waals surface area contributed by atoms with Gasteiger partial charge < -0.3 is 0 Å². The second kappa shape index (κ2) is 8.81. The van der Waals surface area contributed by atoms with Crippen LogP contribution in [0.25, 0.3) is 10.4 Å². The second-order valence-electron chi connectivity index (χ2n) is 6.92. The first-order valence-electron chi connectivity index (χ1n) is 8.69. The molecule has 1 atom stereocenters. The third-order valence-corrected chi connectivity index (χ3v) is 8.80. The average molecular weight is 457 g/mol. The molecule has 3 nitrogen and oxygen atoms in total. The Bertz CT molecular complexity index is 853. The number of carbonyl (C=O) groups is 1. The van der Waals surface area contributed by atoms with E-state index in [0.29, 0.717) is 6.42 Å². The van der Waals surface area contributed by atoms with Crippen LogP contribution in [0.4, 0.5) is 0 Å². The van der Waals surface area contributed by atoms with Crippen molar-refractivity contribution in [2.24, 2.45) is 0 Å². The van der Waals surface area contributed by atoms with Gasteiger partial charge in [-0.05, 0) is 72.3 Å². The quantitative estimate of drug-likeness (QED) is 0.456. The number of Topliss-reactive ketones (excluding diaryl/α,β-unsaturated/α-hetero) is 1. The maximum Gasteiger partial charge on any atom is 0.159 e. The molecule has 1 unspecified atom stereocenters. The lowest BCUT2D eigenvalue weighted by atomic mass is 9.97. The Hall–Kier alpha value is -0.980. The van der Waals surface area contributed by atoms with Gasteiger partial charge in [0, 0.05) is 11.1 Å². The minimum Gasteiger partial charge on any atom is -0.298 e. The number of carbonyl (C=O) groups excluding carboxylic acids is 1. The third kappa shape index (κ3) is 5.27. The molecular weight excluding hydrogens is 432 g/mol. The fraction of sp³-hybridized carbons (Fsp3) is 0.450. The molecule has 0 aliphatic heterocycles. The zero-order chi connectivity index (χ0) is 19.4. The number of sulfone groups is 1. The molecule has 2 aromatic rings. The van der Waals surface area contributed by atoms with Crippen LogP contribution in [0.5, 0.6) is 0 Å². The molecule has 0 amide bonds. The lowest BCUT2D eigenvalue weighted by Crippen LogP contribution is -2.41. The molecule has 0 saturated carbocycles. The van der Waals surface area contributed by atoms with Gasteiger partial charge in [0.25, 0.3) is 0 Å². The molecule has 0 aliphatic rings. The van der Waals surface area contributed by atoms with Gasteiger partial charge in [0.05, 0.1) is 3.79 Å². The van der Waals surface area contributed by atoms with Crippen LogP contribution in [0, 0.1) is 0 Å². The van der Waals surface area contributed by atoms with Gasteiger partial charge in [-0.2, -0.15) is 0 Å². The standard InChI is InChI=1S/C20H25BrO3S2/c1-15(22)20(2,26(3,23)24)14-6-4-5-7-16-8-10-17(11-9-16)18-12-13-19(21)25-18/h8-13H,4-7,14H2,1-3H3. The summed E-state index contributed by atoms with van der Waals surface area (Å²) in [6, 6.07) is 12.8. The summed E-state index contributed by atoms with van der Waals surface area (Å²) >= 11 is 5.21. The van der Waals surface area contributed by atoms with Crippen LogP contribution < -0.4 is 0 Å². The fourth-order valence-electron chi connectivity index (χ4n) is 2.90. The van der Waals surface area contributed by atoms with E-state index in [-0.39, 0.29) is 5.78 Å². The van der Waals surface area contributed by atoms with Crippen LogP contribution in [-0.2, 0) is 21.1 Å². The van der Waals surface area contributed by atoms with E-state index in [0.717, 1.165) is 35.7 Å². The minimum atomic E-state index is -3.38. The minimum absolute atomic E-state index is 0.268. The first kappa shape index (κ1) is 21.3. The number of halogens is 1. The Morgan fingerprint density at radius 2 is 1.73 bits per heavy atom. The highest BCUT2D eigenvalue weighted by Crippen LogP contribution is 2.31. The van der Waals surface area contributed by atoms with Gasteiger partial charge in [0.2, 0.25) is 0 Å². The highest BCUT2D eigenvalue weighted by molar-refractivity contribution is 9.11. The Balaban J connectivity index is 1.82. The molecule has 6 heteroatoms. The highest BCUT2D eigenvalue weighted by Gasteiger charge is 2.39. The molecule has 26 heavy (non-hydrogen) atoms. The Kier molecular flexibility index (Phi) is 7.22. The van der Waals surface area contributed by atoms with E-state index in [1.165, 1.54) is 22.9 Å². The van der Waals surface area contributed by atoms with E-state index < -0.39 is 14.6 Å². The lowest BCUT2D eigenvalue weighted by molar-refractivity contribution is -0.119. The number of thiophene rings is 1. The first-order chi connectivity index (χ1) is 12.1. The number of ketones is 1. The predicted octanol–water partition coefficient (Wildman–Crippen LogP) is 5.67. The molecule has 0 N–H and O–H groups in total. The summed E-state index contributed by atoms with van der Waals surface area (Å²) in [7, 11) is -3.38. The van der Waals surface area contributed by atoms with E-state index in [9.17, 15) is 13.2 Å². The highest BCUT2D eigenvalue weighted by atomic mass is 79.9. The molecule has 142 valence electrons. The largest absolute Gasteiger partial charge is 0.298 e.